The van der Waals surface area contributed by atoms with Gasteiger partial charge >= 0.3 is 0 Å². The Hall–Kier alpha value is -0.380. The molecule has 0 bridgehead atoms. The highest BCUT2D eigenvalue weighted by Crippen LogP contribution is 2.32. The number of rotatable bonds is 3. The second-order valence-electron chi connectivity index (χ2n) is 3.30. The Balaban J connectivity index is 2.07. The maximum atomic E-state index is 5.73. The average Bonchev–Trinajstić information content (AvgIpc) is 2.62. The Morgan fingerprint density at radius 2 is 2.62 bits per heavy atom. The normalized spacial score (nSPS) is 21.5. The number of fused-ring (bicyclic) bond motifs is 1. The first-order valence-electron chi connectivity index (χ1n) is 4.74. The molecule has 1 N–H and O–H groups in total. The molecule has 1 aliphatic rings. The van der Waals surface area contributed by atoms with Crippen LogP contribution < -0.4 is 5.32 Å². The molecule has 1 aromatic heterocycles. The molecule has 0 amide bonds. The van der Waals surface area contributed by atoms with E-state index in [4.69, 9.17) is 4.74 Å². The highest BCUT2D eigenvalue weighted by Gasteiger charge is 2.20. The summed E-state index contributed by atoms with van der Waals surface area (Å²) in [5, 5.41) is 5.33. The molecule has 13 heavy (non-hydrogen) atoms. The number of nitrogens with one attached hydrogen (secondary N) is 1. The van der Waals surface area contributed by atoms with Crippen LogP contribution in [0.1, 0.15) is 23.0 Å². The lowest BCUT2D eigenvalue weighted by Gasteiger charge is -2.23. The molecule has 0 aromatic carbocycles. The van der Waals surface area contributed by atoms with E-state index in [0.717, 1.165) is 26.0 Å². The molecule has 2 heterocycles. The van der Waals surface area contributed by atoms with Crippen molar-refractivity contribution in [2.45, 2.75) is 18.9 Å². The summed E-state index contributed by atoms with van der Waals surface area (Å²) in [4.78, 5) is 1.52. The highest BCUT2D eigenvalue weighted by atomic mass is 32.1. The number of hydrogen-bond acceptors (Lipinski definition) is 3. The summed E-state index contributed by atoms with van der Waals surface area (Å²) in [6, 6.07) is 2.21. The zero-order valence-electron chi connectivity index (χ0n) is 7.88. The van der Waals surface area contributed by atoms with Crippen molar-refractivity contribution in [1.82, 2.24) is 5.32 Å². The van der Waals surface area contributed by atoms with Crippen LogP contribution in [-0.4, -0.2) is 20.2 Å². The fourth-order valence-electron chi connectivity index (χ4n) is 1.74. The maximum Gasteiger partial charge on any atom is 0.0847 e. The molecule has 1 atom stereocenters. The van der Waals surface area contributed by atoms with Crippen molar-refractivity contribution >= 4 is 11.3 Å². The van der Waals surface area contributed by atoms with E-state index >= 15 is 0 Å². The van der Waals surface area contributed by atoms with E-state index in [1.807, 2.05) is 18.4 Å². The molecule has 1 aromatic rings. The molecule has 0 aliphatic carbocycles. The van der Waals surface area contributed by atoms with E-state index in [-0.39, 0.29) is 0 Å². The van der Waals surface area contributed by atoms with Crippen molar-refractivity contribution in [3.05, 3.63) is 21.9 Å². The fraction of sp³-hybridized carbons (Fsp3) is 0.600. The largest absolute Gasteiger partial charge is 0.373 e. The van der Waals surface area contributed by atoms with E-state index in [1.54, 1.807) is 0 Å². The molecular weight excluding hydrogens is 182 g/mol. The van der Waals surface area contributed by atoms with Crippen LogP contribution in [0, 0.1) is 0 Å². The third-order valence-corrected chi connectivity index (χ3v) is 3.43. The van der Waals surface area contributed by atoms with Gasteiger partial charge in [0.1, 0.15) is 0 Å². The molecular formula is C10H15NOS. The van der Waals surface area contributed by atoms with Gasteiger partial charge in [-0.3, -0.25) is 0 Å². The number of hydrogen-bond donors (Lipinski definition) is 1. The van der Waals surface area contributed by atoms with E-state index < -0.39 is 0 Å². The fourth-order valence-corrected chi connectivity index (χ4v) is 2.65. The Kier molecular flexibility index (Phi) is 2.98. The molecule has 2 rings (SSSR count). The first-order chi connectivity index (χ1) is 6.42. The first-order valence-corrected chi connectivity index (χ1v) is 5.62. The molecule has 72 valence electrons. The lowest BCUT2D eigenvalue weighted by atomic mass is 10.0. The van der Waals surface area contributed by atoms with Crippen LogP contribution in [0.5, 0.6) is 0 Å². The molecule has 0 saturated carbocycles. The van der Waals surface area contributed by atoms with E-state index in [1.165, 1.54) is 10.4 Å². The second-order valence-corrected chi connectivity index (χ2v) is 4.30. The van der Waals surface area contributed by atoms with Gasteiger partial charge in [0.05, 0.1) is 12.7 Å². The Morgan fingerprint density at radius 3 is 3.46 bits per heavy atom. The van der Waals surface area contributed by atoms with Gasteiger partial charge in [-0.15, -0.1) is 11.3 Å². The Labute approximate surface area is 82.9 Å². The number of ether oxygens (including phenoxy) is 1. The summed E-state index contributed by atoms with van der Waals surface area (Å²) >= 11 is 1.86. The van der Waals surface area contributed by atoms with Gasteiger partial charge in [-0.25, -0.2) is 0 Å². The molecule has 0 fully saturated rings. The predicted octanol–water partition coefficient (Wildman–Crippen LogP) is 1.97. The highest BCUT2D eigenvalue weighted by molar-refractivity contribution is 7.10. The van der Waals surface area contributed by atoms with Crippen LogP contribution in [0.4, 0.5) is 0 Å². The number of thiophene rings is 1. The predicted molar refractivity (Wildman–Crippen MR) is 55.3 cm³/mol. The smallest absolute Gasteiger partial charge is 0.0847 e. The van der Waals surface area contributed by atoms with Gasteiger partial charge in [-0.2, -0.15) is 0 Å². The monoisotopic (exact) mass is 197 g/mol. The van der Waals surface area contributed by atoms with Gasteiger partial charge < -0.3 is 10.1 Å². The van der Waals surface area contributed by atoms with Crippen LogP contribution in [0.15, 0.2) is 11.4 Å². The molecule has 0 radical (unpaired) electrons. The summed E-state index contributed by atoms with van der Waals surface area (Å²) in [6.07, 6.45) is 2.52. The zero-order chi connectivity index (χ0) is 9.10. The third-order valence-electron chi connectivity index (χ3n) is 2.43. The zero-order valence-corrected chi connectivity index (χ0v) is 8.69. The Morgan fingerprint density at radius 1 is 1.69 bits per heavy atom. The van der Waals surface area contributed by atoms with Crippen molar-refractivity contribution in [2.75, 3.05) is 20.2 Å². The van der Waals surface area contributed by atoms with Crippen molar-refractivity contribution in [1.29, 1.82) is 0 Å². The van der Waals surface area contributed by atoms with Gasteiger partial charge in [0.15, 0.2) is 0 Å². The molecule has 2 nitrogen and oxygen atoms in total. The average molecular weight is 197 g/mol. The Bertz CT molecular complexity index is 272. The van der Waals surface area contributed by atoms with Crippen LogP contribution >= 0.6 is 11.3 Å². The van der Waals surface area contributed by atoms with Crippen LogP contribution in [0.3, 0.4) is 0 Å². The molecule has 3 heteroatoms. The molecule has 0 spiro atoms. The molecule has 0 unspecified atom stereocenters. The van der Waals surface area contributed by atoms with Crippen LogP contribution in [0.25, 0.3) is 0 Å². The summed E-state index contributed by atoms with van der Waals surface area (Å²) in [5.41, 5.74) is 1.42. The van der Waals surface area contributed by atoms with Gasteiger partial charge in [0, 0.05) is 11.3 Å². The molecule has 0 saturated heterocycles. The van der Waals surface area contributed by atoms with Crippen molar-refractivity contribution in [2.24, 2.45) is 0 Å². The van der Waals surface area contributed by atoms with Crippen LogP contribution in [0.2, 0.25) is 0 Å². The minimum absolute atomic E-state index is 0.336. The standard InChI is InChI=1S/C10H15NOS/c1-11-5-2-9-8-4-7-13-10(8)3-6-12-9/h4,7,9,11H,2-3,5-6H2,1H3/t9-/m0/s1. The first kappa shape index (κ1) is 9.19. The van der Waals surface area contributed by atoms with Crippen molar-refractivity contribution < 1.29 is 4.74 Å². The quantitative estimate of drug-likeness (QED) is 0.800. The molecule has 1 aliphatic heterocycles. The topological polar surface area (TPSA) is 21.3 Å². The second kappa shape index (κ2) is 4.22. The van der Waals surface area contributed by atoms with E-state index in [0.29, 0.717) is 6.10 Å². The minimum atomic E-state index is 0.336. The lowest BCUT2D eigenvalue weighted by Crippen LogP contribution is -2.19. The van der Waals surface area contributed by atoms with E-state index in [9.17, 15) is 0 Å². The summed E-state index contributed by atoms with van der Waals surface area (Å²) in [6.45, 7) is 1.92. The SMILES string of the molecule is CNCC[C@@H]1OCCc2sccc21. The maximum absolute atomic E-state index is 5.73. The third kappa shape index (κ3) is 1.93. The van der Waals surface area contributed by atoms with Gasteiger partial charge in [0.2, 0.25) is 0 Å². The summed E-state index contributed by atoms with van der Waals surface area (Å²) in [5.74, 6) is 0. The van der Waals surface area contributed by atoms with Gasteiger partial charge in [0.25, 0.3) is 0 Å². The van der Waals surface area contributed by atoms with Crippen molar-refractivity contribution in [3.8, 4) is 0 Å². The van der Waals surface area contributed by atoms with Gasteiger partial charge in [-0.1, -0.05) is 0 Å². The summed E-state index contributed by atoms with van der Waals surface area (Å²) < 4.78 is 5.73. The minimum Gasteiger partial charge on any atom is -0.373 e. The van der Waals surface area contributed by atoms with Crippen molar-refractivity contribution in [3.63, 3.8) is 0 Å². The summed E-state index contributed by atoms with van der Waals surface area (Å²) in [7, 11) is 1.98. The van der Waals surface area contributed by atoms with Crippen LogP contribution in [-0.2, 0) is 11.2 Å². The van der Waals surface area contributed by atoms with E-state index in [2.05, 4.69) is 16.8 Å². The van der Waals surface area contributed by atoms with Gasteiger partial charge in [-0.05, 0) is 37.0 Å². The lowest BCUT2D eigenvalue weighted by molar-refractivity contribution is 0.0384.